The van der Waals surface area contributed by atoms with E-state index in [-0.39, 0.29) is 5.91 Å². The maximum atomic E-state index is 11.7. The van der Waals surface area contributed by atoms with Crippen molar-refractivity contribution in [3.63, 3.8) is 0 Å². The van der Waals surface area contributed by atoms with Gasteiger partial charge in [-0.25, -0.2) is 0 Å². The van der Waals surface area contributed by atoms with E-state index in [2.05, 4.69) is 23.9 Å². The van der Waals surface area contributed by atoms with Gasteiger partial charge < -0.3 is 10.1 Å². The molecule has 1 fully saturated rings. The number of amides is 1. The molecule has 0 aromatic rings. The lowest BCUT2D eigenvalue weighted by molar-refractivity contribution is -0.152. The van der Waals surface area contributed by atoms with Gasteiger partial charge in [-0.15, -0.1) is 0 Å². The Balaban J connectivity index is 2.37. The van der Waals surface area contributed by atoms with E-state index in [1.54, 1.807) is 0 Å². The Labute approximate surface area is 90.4 Å². The molecule has 1 aliphatic carbocycles. The lowest BCUT2D eigenvalue weighted by Crippen LogP contribution is -2.38. The van der Waals surface area contributed by atoms with Crippen molar-refractivity contribution in [1.29, 1.82) is 0 Å². The van der Waals surface area contributed by atoms with Gasteiger partial charge in [0.15, 0.2) is 0 Å². The molecule has 0 aromatic heterocycles. The molecule has 4 nitrogen and oxygen atoms in total. The average molecular weight is 213 g/mol. The quantitative estimate of drug-likeness (QED) is 0.549. The van der Waals surface area contributed by atoms with E-state index in [9.17, 15) is 9.59 Å². The molecule has 1 N–H and O–H groups in total. The molecule has 0 aromatic carbocycles. The number of ether oxygens (including phenoxy) is 1. The molecule has 0 spiro atoms. The molecular formula is C11H19NO3. The van der Waals surface area contributed by atoms with Crippen molar-refractivity contribution in [2.75, 3.05) is 13.7 Å². The van der Waals surface area contributed by atoms with Gasteiger partial charge in [0.2, 0.25) is 5.91 Å². The highest BCUT2D eigenvalue weighted by Crippen LogP contribution is 2.46. The summed E-state index contributed by atoms with van der Waals surface area (Å²) >= 11 is 0. The summed E-state index contributed by atoms with van der Waals surface area (Å²) in [5.74, 6) is -0.0156. The Bertz CT molecular complexity index is 257. The first-order chi connectivity index (χ1) is 7.03. The van der Waals surface area contributed by atoms with Gasteiger partial charge in [0.05, 0.1) is 7.11 Å². The van der Waals surface area contributed by atoms with Crippen LogP contribution in [0.3, 0.4) is 0 Å². The monoisotopic (exact) mass is 213 g/mol. The number of esters is 1. The van der Waals surface area contributed by atoms with Crippen LogP contribution >= 0.6 is 0 Å². The molecule has 86 valence electrons. The fraction of sp³-hybridized carbons (Fsp3) is 0.818. The number of carbonyl (C=O) groups excluding carboxylic acids is 2. The third kappa shape index (κ3) is 2.70. The van der Waals surface area contributed by atoms with Gasteiger partial charge in [-0.05, 0) is 25.2 Å². The third-order valence-electron chi connectivity index (χ3n) is 2.77. The van der Waals surface area contributed by atoms with E-state index in [1.807, 2.05) is 0 Å². The van der Waals surface area contributed by atoms with Crippen LogP contribution in [-0.2, 0) is 14.3 Å². The first-order valence-corrected chi connectivity index (χ1v) is 5.39. The number of carbonyl (C=O) groups is 2. The van der Waals surface area contributed by atoms with E-state index >= 15 is 0 Å². The van der Waals surface area contributed by atoms with Crippen molar-refractivity contribution < 1.29 is 14.3 Å². The summed E-state index contributed by atoms with van der Waals surface area (Å²) in [7, 11) is 1.32. The van der Waals surface area contributed by atoms with Gasteiger partial charge >= 0.3 is 5.97 Å². The maximum absolute atomic E-state index is 11.7. The second kappa shape index (κ2) is 4.64. The molecule has 1 rings (SSSR count). The first kappa shape index (κ1) is 12.0. The summed E-state index contributed by atoms with van der Waals surface area (Å²) < 4.78 is 4.63. The molecule has 0 heterocycles. The number of nitrogens with one attached hydrogen (secondary N) is 1. The van der Waals surface area contributed by atoms with Gasteiger partial charge in [-0.2, -0.15) is 0 Å². The van der Waals surface area contributed by atoms with Gasteiger partial charge in [-0.1, -0.05) is 13.8 Å². The van der Waals surface area contributed by atoms with Crippen LogP contribution in [0.15, 0.2) is 0 Å². The second-order valence-electron chi connectivity index (χ2n) is 4.51. The summed E-state index contributed by atoms with van der Waals surface area (Å²) in [4.78, 5) is 23.0. The van der Waals surface area contributed by atoms with E-state index in [1.165, 1.54) is 7.11 Å². The lowest BCUT2D eigenvalue weighted by atomic mass is 10.1. The standard InChI is InChI=1S/C11H19NO3/c1-8(2)4-7-12-9(13)11(5-6-11)10(14)15-3/h8H,4-7H2,1-3H3,(H,12,13). The number of hydrogen-bond donors (Lipinski definition) is 1. The minimum atomic E-state index is -0.855. The van der Waals surface area contributed by atoms with Crippen molar-refractivity contribution in [2.24, 2.45) is 11.3 Å². The predicted octanol–water partition coefficient (Wildman–Crippen LogP) is 1.10. The van der Waals surface area contributed by atoms with Crippen LogP contribution in [-0.4, -0.2) is 25.5 Å². The predicted molar refractivity (Wildman–Crippen MR) is 56.1 cm³/mol. The highest BCUT2D eigenvalue weighted by atomic mass is 16.5. The largest absolute Gasteiger partial charge is 0.468 e. The summed E-state index contributed by atoms with van der Waals surface area (Å²) in [5, 5.41) is 2.79. The van der Waals surface area contributed by atoms with Crippen molar-refractivity contribution in [2.45, 2.75) is 33.1 Å². The Hall–Kier alpha value is -1.06. The fourth-order valence-corrected chi connectivity index (χ4v) is 1.49. The summed E-state index contributed by atoms with van der Waals surface area (Å²) in [6, 6.07) is 0. The summed E-state index contributed by atoms with van der Waals surface area (Å²) in [5.41, 5.74) is -0.855. The van der Waals surface area contributed by atoms with Gasteiger partial charge in [-0.3, -0.25) is 9.59 Å². The second-order valence-corrected chi connectivity index (χ2v) is 4.51. The molecule has 0 aliphatic heterocycles. The van der Waals surface area contributed by atoms with Gasteiger partial charge in [0.25, 0.3) is 0 Å². The molecular weight excluding hydrogens is 194 g/mol. The van der Waals surface area contributed by atoms with Crippen LogP contribution in [0.2, 0.25) is 0 Å². The van der Waals surface area contributed by atoms with E-state index in [4.69, 9.17) is 0 Å². The summed E-state index contributed by atoms with van der Waals surface area (Å²) in [6.45, 7) is 4.83. The van der Waals surface area contributed by atoms with Crippen molar-refractivity contribution in [3.8, 4) is 0 Å². The van der Waals surface area contributed by atoms with Crippen LogP contribution in [0.25, 0.3) is 0 Å². The number of rotatable bonds is 5. The smallest absolute Gasteiger partial charge is 0.321 e. The third-order valence-corrected chi connectivity index (χ3v) is 2.77. The molecule has 1 amide bonds. The topological polar surface area (TPSA) is 55.4 Å². The molecule has 0 saturated heterocycles. The molecule has 15 heavy (non-hydrogen) atoms. The normalized spacial score (nSPS) is 17.3. The zero-order valence-electron chi connectivity index (χ0n) is 9.63. The number of hydrogen-bond acceptors (Lipinski definition) is 3. The van der Waals surface area contributed by atoms with Crippen LogP contribution in [0.5, 0.6) is 0 Å². The molecule has 1 aliphatic rings. The Morgan fingerprint density at radius 2 is 2.00 bits per heavy atom. The van der Waals surface area contributed by atoms with Crippen LogP contribution in [0, 0.1) is 11.3 Å². The SMILES string of the molecule is COC(=O)C1(C(=O)NCCC(C)C)CC1. The molecule has 1 saturated carbocycles. The van der Waals surface area contributed by atoms with Crippen molar-refractivity contribution in [3.05, 3.63) is 0 Å². The summed E-state index contributed by atoms with van der Waals surface area (Å²) in [6.07, 6.45) is 2.17. The Kier molecular flexibility index (Phi) is 3.72. The Morgan fingerprint density at radius 3 is 2.40 bits per heavy atom. The Morgan fingerprint density at radius 1 is 1.40 bits per heavy atom. The molecule has 0 bridgehead atoms. The zero-order valence-corrected chi connectivity index (χ0v) is 9.63. The first-order valence-electron chi connectivity index (χ1n) is 5.39. The maximum Gasteiger partial charge on any atom is 0.321 e. The van der Waals surface area contributed by atoms with E-state index in [0.717, 1.165) is 6.42 Å². The van der Waals surface area contributed by atoms with Crippen LogP contribution < -0.4 is 5.32 Å². The highest BCUT2D eigenvalue weighted by molar-refractivity contribution is 6.05. The minimum absolute atomic E-state index is 0.171. The zero-order chi connectivity index (χ0) is 11.5. The fourth-order valence-electron chi connectivity index (χ4n) is 1.49. The average Bonchev–Trinajstić information content (AvgIpc) is 2.96. The molecule has 0 atom stereocenters. The highest BCUT2D eigenvalue weighted by Gasteiger charge is 2.57. The number of methoxy groups -OCH3 is 1. The molecule has 0 radical (unpaired) electrons. The van der Waals surface area contributed by atoms with Crippen LogP contribution in [0.4, 0.5) is 0 Å². The minimum Gasteiger partial charge on any atom is -0.468 e. The van der Waals surface area contributed by atoms with Crippen molar-refractivity contribution in [1.82, 2.24) is 5.32 Å². The van der Waals surface area contributed by atoms with Gasteiger partial charge in [0.1, 0.15) is 5.41 Å². The van der Waals surface area contributed by atoms with Gasteiger partial charge in [0, 0.05) is 6.54 Å². The van der Waals surface area contributed by atoms with Crippen molar-refractivity contribution >= 4 is 11.9 Å². The molecule has 0 unspecified atom stereocenters. The lowest BCUT2D eigenvalue weighted by Gasteiger charge is -2.13. The van der Waals surface area contributed by atoms with E-state index < -0.39 is 11.4 Å². The molecule has 4 heteroatoms. The van der Waals surface area contributed by atoms with E-state index in [0.29, 0.717) is 25.3 Å². The van der Waals surface area contributed by atoms with Crippen LogP contribution in [0.1, 0.15) is 33.1 Å².